The quantitative estimate of drug-likeness (QED) is 0.680. The number of hydrogen-bond acceptors (Lipinski definition) is 5. The van der Waals surface area contributed by atoms with E-state index in [1.165, 1.54) is 0 Å². The Labute approximate surface area is 199 Å². The summed E-state index contributed by atoms with van der Waals surface area (Å²) in [5, 5.41) is 15.2. The number of benzene rings is 1. The van der Waals surface area contributed by atoms with Crippen molar-refractivity contribution in [2.45, 2.75) is 36.8 Å². The van der Waals surface area contributed by atoms with Gasteiger partial charge in [0.2, 0.25) is 5.91 Å². The maximum absolute atomic E-state index is 12.7. The van der Waals surface area contributed by atoms with E-state index in [0.29, 0.717) is 24.7 Å². The van der Waals surface area contributed by atoms with Gasteiger partial charge in [0.25, 0.3) is 0 Å². The summed E-state index contributed by atoms with van der Waals surface area (Å²) in [5.74, 6) is 0.872. The number of aliphatic hydroxyl groups excluding tert-OH is 1. The van der Waals surface area contributed by atoms with Crippen LogP contribution in [0, 0.1) is 0 Å². The SMILES string of the molecule is CC1CN(c2cc(C3(Cl)C(N4CCCC4=O)=CC=C(c4ccccc4)[C@H]3O)ccn2)CCN1. The number of aliphatic hydroxyl groups is 1. The molecule has 5 rings (SSSR count). The molecule has 0 bridgehead atoms. The molecule has 0 radical (unpaired) electrons. The number of pyridine rings is 1. The van der Waals surface area contributed by atoms with E-state index < -0.39 is 11.0 Å². The first kappa shape index (κ1) is 22.1. The number of hydrogen-bond donors (Lipinski definition) is 2. The van der Waals surface area contributed by atoms with Crippen LogP contribution in [0.15, 0.2) is 66.5 Å². The number of allylic oxidation sites excluding steroid dienone is 2. The first-order valence-electron chi connectivity index (χ1n) is 11.6. The Morgan fingerprint density at radius 1 is 1.18 bits per heavy atom. The van der Waals surface area contributed by atoms with Gasteiger partial charge in [0.1, 0.15) is 16.8 Å². The molecule has 2 saturated heterocycles. The summed E-state index contributed by atoms with van der Waals surface area (Å²) in [4.78, 5) is 20.0. The third-order valence-corrected chi connectivity index (χ3v) is 7.41. The zero-order valence-electron chi connectivity index (χ0n) is 18.7. The number of carbonyl (C=O) groups is 1. The number of carbonyl (C=O) groups excluding carboxylic acids is 1. The molecule has 2 aromatic rings. The molecule has 2 N–H and O–H groups in total. The minimum absolute atomic E-state index is 0.0419. The molecule has 2 aliphatic heterocycles. The summed E-state index contributed by atoms with van der Waals surface area (Å²) in [6, 6.07) is 13.9. The molecule has 0 saturated carbocycles. The number of halogens is 1. The summed E-state index contributed by atoms with van der Waals surface area (Å²) in [6.07, 6.45) is 5.79. The molecule has 172 valence electrons. The molecule has 3 heterocycles. The fourth-order valence-corrected chi connectivity index (χ4v) is 5.47. The van der Waals surface area contributed by atoms with E-state index in [4.69, 9.17) is 11.6 Å². The van der Waals surface area contributed by atoms with Crippen molar-refractivity contribution in [2.24, 2.45) is 0 Å². The monoisotopic (exact) mass is 464 g/mol. The van der Waals surface area contributed by atoms with Crippen LogP contribution in [-0.4, -0.2) is 59.2 Å². The third-order valence-electron chi connectivity index (χ3n) is 6.79. The van der Waals surface area contributed by atoms with E-state index in [-0.39, 0.29) is 5.91 Å². The largest absolute Gasteiger partial charge is 0.386 e. The van der Waals surface area contributed by atoms with Crippen molar-refractivity contribution in [3.05, 3.63) is 77.6 Å². The molecular weight excluding hydrogens is 436 g/mol. The Morgan fingerprint density at radius 3 is 2.73 bits per heavy atom. The molecule has 2 unspecified atom stereocenters. The lowest BCUT2D eigenvalue weighted by Crippen LogP contribution is -2.49. The highest BCUT2D eigenvalue weighted by Gasteiger charge is 2.49. The van der Waals surface area contributed by atoms with Gasteiger partial charge in [-0.1, -0.05) is 36.4 Å². The van der Waals surface area contributed by atoms with E-state index in [1.807, 2.05) is 54.6 Å². The lowest BCUT2D eigenvalue weighted by atomic mass is 9.79. The van der Waals surface area contributed by atoms with Gasteiger partial charge >= 0.3 is 0 Å². The second kappa shape index (κ2) is 8.93. The van der Waals surface area contributed by atoms with Gasteiger partial charge in [0.15, 0.2) is 0 Å². The first-order valence-corrected chi connectivity index (χ1v) is 12.0. The van der Waals surface area contributed by atoms with Crippen molar-refractivity contribution in [3.63, 3.8) is 0 Å². The summed E-state index contributed by atoms with van der Waals surface area (Å²) in [5.41, 5.74) is 3.00. The van der Waals surface area contributed by atoms with Gasteiger partial charge in [-0.25, -0.2) is 4.98 Å². The molecule has 1 aromatic carbocycles. The molecule has 2 fully saturated rings. The van der Waals surface area contributed by atoms with E-state index >= 15 is 0 Å². The highest BCUT2D eigenvalue weighted by Crippen LogP contribution is 2.49. The van der Waals surface area contributed by atoms with Gasteiger partial charge in [0.05, 0.1) is 0 Å². The number of anilines is 1. The molecule has 7 heteroatoms. The number of nitrogens with one attached hydrogen (secondary N) is 1. The number of piperazine rings is 1. The smallest absolute Gasteiger partial charge is 0.226 e. The van der Waals surface area contributed by atoms with E-state index in [0.717, 1.165) is 48.6 Å². The number of rotatable bonds is 4. The van der Waals surface area contributed by atoms with Crippen molar-refractivity contribution in [3.8, 4) is 0 Å². The highest BCUT2D eigenvalue weighted by atomic mass is 35.5. The number of aromatic nitrogens is 1. The molecule has 0 spiro atoms. The van der Waals surface area contributed by atoms with Crippen LogP contribution in [0.4, 0.5) is 5.82 Å². The van der Waals surface area contributed by atoms with Crippen LogP contribution in [0.1, 0.15) is 30.9 Å². The Bertz CT molecular complexity index is 1100. The van der Waals surface area contributed by atoms with Crippen LogP contribution in [0.25, 0.3) is 5.57 Å². The van der Waals surface area contributed by atoms with Gasteiger partial charge in [-0.2, -0.15) is 0 Å². The van der Waals surface area contributed by atoms with E-state index in [2.05, 4.69) is 22.1 Å². The van der Waals surface area contributed by atoms with Gasteiger partial charge in [0, 0.05) is 50.5 Å². The first-order chi connectivity index (χ1) is 16.0. The fraction of sp³-hybridized carbons (Fsp3) is 0.385. The predicted octanol–water partition coefficient (Wildman–Crippen LogP) is 3.28. The molecular formula is C26H29ClN4O2. The zero-order valence-corrected chi connectivity index (χ0v) is 19.5. The van der Waals surface area contributed by atoms with Crippen LogP contribution in [0.5, 0.6) is 0 Å². The molecule has 3 aliphatic rings. The summed E-state index contributed by atoms with van der Waals surface area (Å²) in [6.45, 7) is 5.34. The van der Waals surface area contributed by atoms with Gasteiger partial charge < -0.3 is 20.2 Å². The van der Waals surface area contributed by atoms with Crippen molar-refractivity contribution < 1.29 is 9.90 Å². The van der Waals surface area contributed by atoms with Crippen molar-refractivity contribution in [1.29, 1.82) is 0 Å². The van der Waals surface area contributed by atoms with Crippen molar-refractivity contribution in [2.75, 3.05) is 31.1 Å². The Balaban J connectivity index is 1.60. The van der Waals surface area contributed by atoms with Crippen molar-refractivity contribution in [1.82, 2.24) is 15.2 Å². The second-order valence-electron chi connectivity index (χ2n) is 9.01. The second-order valence-corrected chi connectivity index (χ2v) is 9.60. The average Bonchev–Trinajstić information content (AvgIpc) is 3.27. The van der Waals surface area contributed by atoms with Gasteiger partial charge in [-0.05, 0) is 48.3 Å². The minimum atomic E-state index is -1.31. The third kappa shape index (κ3) is 3.97. The van der Waals surface area contributed by atoms with Crippen LogP contribution >= 0.6 is 11.6 Å². The Morgan fingerprint density at radius 2 is 2.00 bits per heavy atom. The molecule has 6 nitrogen and oxygen atoms in total. The Kier molecular flexibility index (Phi) is 5.99. The topological polar surface area (TPSA) is 68.7 Å². The van der Waals surface area contributed by atoms with Gasteiger partial charge in [-0.3, -0.25) is 4.79 Å². The average molecular weight is 465 g/mol. The number of likely N-dealkylation sites (tertiary alicyclic amines) is 1. The molecule has 1 amide bonds. The number of nitrogens with zero attached hydrogens (tertiary/aromatic N) is 3. The van der Waals surface area contributed by atoms with Gasteiger partial charge in [-0.15, -0.1) is 11.6 Å². The van der Waals surface area contributed by atoms with Crippen LogP contribution in [0.3, 0.4) is 0 Å². The summed E-state index contributed by atoms with van der Waals surface area (Å²) < 4.78 is 0. The summed E-state index contributed by atoms with van der Waals surface area (Å²) >= 11 is 7.43. The maximum atomic E-state index is 12.7. The number of alkyl halides is 1. The fourth-order valence-electron chi connectivity index (χ4n) is 5.07. The zero-order chi connectivity index (χ0) is 23.0. The molecule has 1 aromatic heterocycles. The molecule has 3 atom stereocenters. The summed E-state index contributed by atoms with van der Waals surface area (Å²) in [7, 11) is 0. The van der Waals surface area contributed by atoms with Crippen LogP contribution in [-0.2, 0) is 9.67 Å². The standard InChI is InChI=1S/C26H29ClN4O2/c1-18-17-30(15-13-28-18)23-16-20(11-12-29-23)26(27)22(31-14-5-8-24(31)32)10-9-21(25(26)33)19-6-3-2-4-7-19/h2-4,6-7,9-12,16,18,25,28,33H,5,8,13-15,17H2,1H3/t18?,25-,26?/m1/s1. The lowest BCUT2D eigenvalue weighted by molar-refractivity contribution is -0.126. The molecule has 1 aliphatic carbocycles. The van der Waals surface area contributed by atoms with Crippen LogP contribution in [0.2, 0.25) is 0 Å². The van der Waals surface area contributed by atoms with E-state index in [1.54, 1.807) is 11.1 Å². The minimum Gasteiger partial charge on any atom is -0.386 e. The van der Waals surface area contributed by atoms with Crippen LogP contribution < -0.4 is 10.2 Å². The van der Waals surface area contributed by atoms with E-state index in [9.17, 15) is 9.90 Å². The number of amides is 1. The highest BCUT2D eigenvalue weighted by molar-refractivity contribution is 6.28. The normalized spacial score (nSPS) is 28.0. The predicted molar refractivity (Wildman–Crippen MR) is 131 cm³/mol. The lowest BCUT2D eigenvalue weighted by Gasteiger charge is -2.42. The van der Waals surface area contributed by atoms with Crippen molar-refractivity contribution >= 4 is 28.9 Å². The maximum Gasteiger partial charge on any atom is 0.226 e. The molecule has 33 heavy (non-hydrogen) atoms. The Hall–Kier alpha value is -2.67.